The number of ether oxygens (including phenoxy) is 1. The van der Waals surface area contributed by atoms with E-state index >= 15 is 0 Å². The summed E-state index contributed by atoms with van der Waals surface area (Å²) >= 11 is 1.83. The summed E-state index contributed by atoms with van der Waals surface area (Å²) in [5.41, 5.74) is 2.27. The fourth-order valence-electron chi connectivity index (χ4n) is 2.28. The van der Waals surface area contributed by atoms with Crippen LogP contribution in [0.4, 0.5) is 5.82 Å². The van der Waals surface area contributed by atoms with Crippen LogP contribution in [0.25, 0.3) is 0 Å². The second kappa shape index (κ2) is 4.34. The maximum atomic E-state index is 12.0. The van der Waals surface area contributed by atoms with Gasteiger partial charge in [0.1, 0.15) is 11.9 Å². The third-order valence-corrected chi connectivity index (χ3v) is 4.15. The molecule has 1 saturated heterocycles. The Labute approximate surface area is 104 Å². The number of amides is 1. The highest BCUT2D eigenvalue weighted by atomic mass is 32.2. The fourth-order valence-corrected chi connectivity index (χ4v) is 3.31. The van der Waals surface area contributed by atoms with E-state index in [0.717, 1.165) is 35.9 Å². The lowest BCUT2D eigenvalue weighted by Gasteiger charge is -2.11. The van der Waals surface area contributed by atoms with Gasteiger partial charge in [0, 0.05) is 30.7 Å². The van der Waals surface area contributed by atoms with Crippen LogP contribution in [-0.2, 0) is 28.1 Å². The van der Waals surface area contributed by atoms with Crippen LogP contribution < -0.4 is 5.32 Å². The van der Waals surface area contributed by atoms with Crippen molar-refractivity contribution >= 4 is 23.5 Å². The zero-order valence-corrected chi connectivity index (χ0v) is 10.5. The van der Waals surface area contributed by atoms with Gasteiger partial charge in [0.15, 0.2) is 0 Å². The van der Waals surface area contributed by atoms with Crippen LogP contribution in [0.5, 0.6) is 0 Å². The molecule has 0 radical (unpaired) electrons. The van der Waals surface area contributed by atoms with Crippen molar-refractivity contribution in [2.75, 3.05) is 11.9 Å². The Morgan fingerprint density at radius 2 is 2.47 bits per heavy atom. The average molecular weight is 253 g/mol. The molecule has 0 saturated carbocycles. The number of aryl methyl sites for hydroxylation is 1. The quantitative estimate of drug-likeness (QED) is 0.862. The van der Waals surface area contributed by atoms with Crippen molar-refractivity contribution in [3.8, 4) is 0 Å². The third-order valence-electron chi connectivity index (χ3n) is 3.18. The van der Waals surface area contributed by atoms with Crippen LogP contribution in [-0.4, -0.2) is 28.4 Å². The van der Waals surface area contributed by atoms with Gasteiger partial charge in [-0.1, -0.05) is 0 Å². The van der Waals surface area contributed by atoms with E-state index in [2.05, 4.69) is 10.4 Å². The average Bonchev–Trinajstić information content (AvgIpc) is 2.98. The van der Waals surface area contributed by atoms with Crippen molar-refractivity contribution in [3.05, 3.63) is 11.3 Å². The molecule has 0 bridgehead atoms. The minimum atomic E-state index is -0.283. The van der Waals surface area contributed by atoms with E-state index in [1.165, 1.54) is 5.56 Å². The summed E-state index contributed by atoms with van der Waals surface area (Å²) in [6, 6.07) is 0. The second-order valence-corrected chi connectivity index (χ2v) is 5.37. The molecule has 5 nitrogen and oxygen atoms in total. The normalized spacial score (nSPS) is 22.8. The molecule has 0 aliphatic carbocycles. The van der Waals surface area contributed by atoms with Crippen LogP contribution >= 0.6 is 11.8 Å². The first-order valence-corrected chi connectivity index (χ1v) is 6.96. The zero-order chi connectivity index (χ0) is 11.8. The summed E-state index contributed by atoms with van der Waals surface area (Å²) in [5.74, 6) is 2.68. The monoisotopic (exact) mass is 253 g/mol. The Morgan fingerprint density at radius 3 is 3.24 bits per heavy atom. The molecule has 3 heterocycles. The van der Waals surface area contributed by atoms with E-state index in [0.29, 0.717) is 6.61 Å². The molecule has 0 unspecified atom stereocenters. The number of carbonyl (C=O) groups is 1. The number of aromatic nitrogens is 2. The van der Waals surface area contributed by atoms with Gasteiger partial charge < -0.3 is 10.1 Å². The van der Waals surface area contributed by atoms with Gasteiger partial charge in [0.05, 0.1) is 5.69 Å². The Bertz CT molecular complexity index is 452. The van der Waals surface area contributed by atoms with Crippen molar-refractivity contribution in [1.29, 1.82) is 0 Å². The fraction of sp³-hybridized carbons (Fsp3) is 0.636. The minimum absolute atomic E-state index is 0.0369. The maximum absolute atomic E-state index is 12.0. The predicted octanol–water partition coefficient (Wildman–Crippen LogP) is 1.28. The Hall–Kier alpha value is -1.01. The summed E-state index contributed by atoms with van der Waals surface area (Å²) in [6.45, 7) is 0.692. The van der Waals surface area contributed by atoms with Gasteiger partial charge in [0.2, 0.25) is 0 Å². The SMILES string of the molecule is Cn1nc2c(c1NC(=O)[C@@H]1CCCO1)CSC2. The summed E-state index contributed by atoms with van der Waals surface area (Å²) in [6.07, 6.45) is 1.51. The smallest absolute Gasteiger partial charge is 0.254 e. The second-order valence-electron chi connectivity index (χ2n) is 4.38. The van der Waals surface area contributed by atoms with E-state index in [1.807, 2.05) is 18.8 Å². The Kier molecular flexibility index (Phi) is 2.84. The van der Waals surface area contributed by atoms with E-state index in [4.69, 9.17) is 4.74 Å². The lowest BCUT2D eigenvalue weighted by molar-refractivity contribution is -0.124. The topological polar surface area (TPSA) is 56.2 Å². The third kappa shape index (κ3) is 1.95. The minimum Gasteiger partial charge on any atom is -0.368 e. The highest BCUT2D eigenvalue weighted by Gasteiger charge is 2.27. The summed E-state index contributed by atoms with van der Waals surface area (Å²) < 4.78 is 7.14. The van der Waals surface area contributed by atoms with Crippen LogP contribution in [0.15, 0.2) is 0 Å². The lowest BCUT2D eigenvalue weighted by atomic mass is 10.2. The molecule has 1 N–H and O–H groups in total. The molecule has 1 atom stereocenters. The molecule has 1 aromatic heterocycles. The van der Waals surface area contributed by atoms with Gasteiger partial charge in [-0.15, -0.1) is 0 Å². The highest BCUT2D eigenvalue weighted by molar-refractivity contribution is 7.98. The Balaban J connectivity index is 1.78. The number of nitrogens with zero attached hydrogens (tertiary/aromatic N) is 2. The molecular weight excluding hydrogens is 238 g/mol. The van der Waals surface area contributed by atoms with E-state index < -0.39 is 0 Å². The molecule has 92 valence electrons. The van der Waals surface area contributed by atoms with Crippen LogP contribution in [0.1, 0.15) is 24.1 Å². The summed E-state index contributed by atoms with van der Waals surface area (Å²) in [4.78, 5) is 12.0. The summed E-state index contributed by atoms with van der Waals surface area (Å²) in [5, 5.41) is 7.37. The van der Waals surface area contributed by atoms with E-state index in [1.54, 1.807) is 4.68 Å². The number of carbonyl (C=O) groups excluding carboxylic acids is 1. The maximum Gasteiger partial charge on any atom is 0.254 e. The van der Waals surface area contributed by atoms with Crippen molar-refractivity contribution in [1.82, 2.24) is 9.78 Å². The van der Waals surface area contributed by atoms with Gasteiger partial charge in [-0.2, -0.15) is 16.9 Å². The molecule has 0 spiro atoms. The van der Waals surface area contributed by atoms with Crippen molar-refractivity contribution in [2.45, 2.75) is 30.5 Å². The van der Waals surface area contributed by atoms with Gasteiger partial charge >= 0.3 is 0 Å². The molecule has 1 aromatic rings. The van der Waals surface area contributed by atoms with E-state index in [-0.39, 0.29) is 12.0 Å². The molecule has 0 aromatic carbocycles. The van der Waals surface area contributed by atoms with Crippen LogP contribution in [0.3, 0.4) is 0 Å². The first kappa shape index (κ1) is 11.1. The molecular formula is C11H15N3O2S. The number of thioether (sulfide) groups is 1. The van der Waals surface area contributed by atoms with Crippen molar-refractivity contribution in [3.63, 3.8) is 0 Å². The first-order valence-electron chi connectivity index (χ1n) is 5.80. The Morgan fingerprint density at radius 1 is 1.59 bits per heavy atom. The van der Waals surface area contributed by atoms with Crippen LogP contribution in [0.2, 0.25) is 0 Å². The van der Waals surface area contributed by atoms with Gasteiger partial charge in [0.25, 0.3) is 5.91 Å². The van der Waals surface area contributed by atoms with Gasteiger partial charge in [-0.25, -0.2) is 0 Å². The number of nitrogens with one attached hydrogen (secondary N) is 1. The highest BCUT2D eigenvalue weighted by Crippen LogP contribution is 2.34. The number of fused-ring (bicyclic) bond motifs is 1. The molecule has 1 amide bonds. The number of hydrogen-bond donors (Lipinski definition) is 1. The van der Waals surface area contributed by atoms with Crippen molar-refractivity contribution in [2.24, 2.45) is 7.05 Å². The largest absolute Gasteiger partial charge is 0.368 e. The lowest BCUT2D eigenvalue weighted by Crippen LogP contribution is -2.28. The van der Waals surface area contributed by atoms with Crippen molar-refractivity contribution < 1.29 is 9.53 Å². The number of anilines is 1. The molecule has 2 aliphatic heterocycles. The van der Waals surface area contributed by atoms with E-state index in [9.17, 15) is 4.79 Å². The predicted molar refractivity (Wildman–Crippen MR) is 65.8 cm³/mol. The zero-order valence-electron chi connectivity index (χ0n) is 9.73. The number of hydrogen-bond acceptors (Lipinski definition) is 4. The molecule has 2 aliphatic rings. The first-order chi connectivity index (χ1) is 8.25. The molecule has 6 heteroatoms. The molecule has 3 rings (SSSR count). The molecule has 17 heavy (non-hydrogen) atoms. The van der Waals surface area contributed by atoms with Gasteiger partial charge in [-0.3, -0.25) is 9.48 Å². The number of rotatable bonds is 2. The summed E-state index contributed by atoms with van der Waals surface area (Å²) in [7, 11) is 1.87. The van der Waals surface area contributed by atoms with Crippen LogP contribution in [0, 0.1) is 0 Å². The van der Waals surface area contributed by atoms with Gasteiger partial charge in [-0.05, 0) is 12.8 Å². The standard InChI is InChI=1S/C11H15N3O2S/c1-14-10(7-5-17-6-8(7)13-14)12-11(15)9-3-2-4-16-9/h9H,2-6H2,1H3,(H,12,15)/t9-/m0/s1. The molecule has 1 fully saturated rings.